The highest BCUT2D eigenvalue weighted by Crippen LogP contribution is 2.55. The van der Waals surface area contributed by atoms with Gasteiger partial charge >= 0.3 is 6.36 Å². The number of hydrogen-bond acceptors (Lipinski definition) is 5. The minimum Gasteiger partial charge on any atom is -0.356 e. The van der Waals surface area contributed by atoms with Gasteiger partial charge < -0.3 is 15.5 Å². The van der Waals surface area contributed by atoms with Crippen LogP contribution in [0.25, 0.3) is 0 Å². The van der Waals surface area contributed by atoms with E-state index in [1.165, 1.54) is 18.7 Å². The molecule has 8 nitrogen and oxygen atoms in total. The summed E-state index contributed by atoms with van der Waals surface area (Å²) in [5, 5.41) is 5.07. The Morgan fingerprint density at radius 2 is 1.91 bits per heavy atom. The second-order valence-electron chi connectivity index (χ2n) is 10.2. The third-order valence-electron chi connectivity index (χ3n) is 6.79. The molecule has 0 bridgehead atoms. The standard InChI is InChI=1S/C22H31F4N3O5/c1-20(2,23)5-3-17(31)29-12-21(6-7-21)10-15(29)19(33)28-14(9-13-4-8-27-18(13)32)16(30)11-34-22(24,25)26/h13-15H,3-12H2,1-2H3,(H,27,32)(H,28,33)/t13-,14-,15-/m0/s1. The van der Waals surface area contributed by atoms with Crippen LogP contribution in [-0.2, 0) is 23.9 Å². The zero-order chi connectivity index (χ0) is 25.3. The van der Waals surface area contributed by atoms with Crippen molar-refractivity contribution in [2.24, 2.45) is 11.3 Å². The number of alkyl halides is 4. The number of ketones is 1. The maximum Gasteiger partial charge on any atom is 0.522 e. The van der Waals surface area contributed by atoms with Gasteiger partial charge in [0.1, 0.15) is 18.3 Å². The fourth-order valence-electron chi connectivity index (χ4n) is 4.59. The van der Waals surface area contributed by atoms with Gasteiger partial charge in [0, 0.05) is 25.4 Å². The van der Waals surface area contributed by atoms with Crippen molar-refractivity contribution < 1.29 is 41.5 Å². The van der Waals surface area contributed by atoms with E-state index in [0.29, 0.717) is 25.9 Å². The van der Waals surface area contributed by atoms with Crippen LogP contribution in [0.2, 0.25) is 0 Å². The summed E-state index contributed by atoms with van der Waals surface area (Å²) in [4.78, 5) is 51.8. The minimum atomic E-state index is -5.02. The lowest BCUT2D eigenvalue weighted by Gasteiger charge is -2.27. The monoisotopic (exact) mass is 493 g/mol. The first-order valence-corrected chi connectivity index (χ1v) is 11.5. The maximum absolute atomic E-state index is 13.9. The highest BCUT2D eigenvalue weighted by atomic mass is 19.4. The molecule has 1 saturated carbocycles. The van der Waals surface area contributed by atoms with Crippen molar-refractivity contribution in [3.63, 3.8) is 0 Å². The van der Waals surface area contributed by atoms with E-state index in [9.17, 15) is 36.7 Å². The molecule has 2 heterocycles. The molecule has 2 N–H and O–H groups in total. The van der Waals surface area contributed by atoms with Gasteiger partial charge in [-0.2, -0.15) is 0 Å². The van der Waals surface area contributed by atoms with E-state index in [4.69, 9.17) is 0 Å². The topological polar surface area (TPSA) is 105 Å². The molecule has 0 aromatic carbocycles. The third kappa shape index (κ3) is 7.13. The van der Waals surface area contributed by atoms with Gasteiger partial charge in [-0.25, -0.2) is 4.39 Å². The average molecular weight is 493 g/mol. The van der Waals surface area contributed by atoms with Gasteiger partial charge in [0.15, 0.2) is 5.78 Å². The van der Waals surface area contributed by atoms with Crippen molar-refractivity contribution in [3.05, 3.63) is 0 Å². The van der Waals surface area contributed by atoms with Gasteiger partial charge in [-0.15, -0.1) is 13.2 Å². The van der Waals surface area contributed by atoms with E-state index in [1.54, 1.807) is 0 Å². The van der Waals surface area contributed by atoms with E-state index in [2.05, 4.69) is 15.4 Å². The van der Waals surface area contributed by atoms with Crippen LogP contribution in [0.4, 0.5) is 17.6 Å². The van der Waals surface area contributed by atoms with Gasteiger partial charge in [0.05, 0.1) is 6.04 Å². The summed E-state index contributed by atoms with van der Waals surface area (Å²) in [5.41, 5.74) is -1.74. The molecule has 1 aliphatic carbocycles. The zero-order valence-corrected chi connectivity index (χ0v) is 19.3. The first-order chi connectivity index (χ1) is 15.7. The molecule has 0 unspecified atom stereocenters. The van der Waals surface area contributed by atoms with Crippen molar-refractivity contribution in [3.8, 4) is 0 Å². The number of Topliss-reactive ketones (excluding diaryl/α,β-unsaturated/α-hetero) is 1. The number of amides is 3. The molecule has 1 spiro atoms. The lowest BCUT2D eigenvalue weighted by Crippen LogP contribution is -2.52. The molecule has 0 aromatic rings. The normalized spacial score (nSPS) is 24.8. The smallest absolute Gasteiger partial charge is 0.356 e. The minimum absolute atomic E-state index is 0.0175. The number of carbonyl (C=O) groups is 4. The predicted molar refractivity (Wildman–Crippen MR) is 111 cm³/mol. The second kappa shape index (κ2) is 9.79. The van der Waals surface area contributed by atoms with E-state index < -0.39 is 48.3 Å². The fraction of sp³-hybridized carbons (Fsp3) is 0.818. The Bertz CT molecular complexity index is 822. The van der Waals surface area contributed by atoms with E-state index in [1.807, 2.05) is 0 Å². The van der Waals surface area contributed by atoms with Gasteiger partial charge in [-0.05, 0) is 57.8 Å². The van der Waals surface area contributed by atoms with Crippen molar-refractivity contribution >= 4 is 23.5 Å². The van der Waals surface area contributed by atoms with Gasteiger partial charge in [0.25, 0.3) is 0 Å². The Kier molecular flexibility index (Phi) is 7.59. The zero-order valence-electron chi connectivity index (χ0n) is 19.3. The molecule has 192 valence electrons. The fourth-order valence-corrected chi connectivity index (χ4v) is 4.59. The van der Waals surface area contributed by atoms with Crippen molar-refractivity contribution in [1.82, 2.24) is 15.5 Å². The summed E-state index contributed by atoms with van der Waals surface area (Å²) >= 11 is 0. The molecule has 34 heavy (non-hydrogen) atoms. The molecule has 3 amide bonds. The Labute approximate surface area is 195 Å². The lowest BCUT2D eigenvalue weighted by atomic mass is 9.95. The molecule has 12 heteroatoms. The van der Waals surface area contributed by atoms with Crippen LogP contribution in [-0.4, -0.2) is 72.2 Å². The molecule has 3 atom stereocenters. The first-order valence-electron chi connectivity index (χ1n) is 11.5. The van der Waals surface area contributed by atoms with Crippen molar-refractivity contribution in [2.45, 2.75) is 82.9 Å². The van der Waals surface area contributed by atoms with Crippen molar-refractivity contribution in [2.75, 3.05) is 19.7 Å². The predicted octanol–water partition coefficient (Wildman–Crippen LogP) is 2.01. The molecule has 0 aromatic heterocycles. The van der Waals surface area contributed by atoms with Crippen molar-refractivity contribution in [1.29, 1.82) is 0 Å². The Balaban J connectivity index is 1.70. The molecule has 0 radical (unpaired) electrons. The Morgan fingerprint density at radius 3 is 2.44 bits per heavy atom. The van der Waals surface area contributed by atoms with Crippen LogP contribution in [0, 0.1) is 11.3 Å². The number of hydrogen-bond donors (Lipinski definition) is 2. The highest BCUT2D eigenvalue weighted by Gasteiger charge is 2.55. The quantitative estimate of drug-likeness (QED) is 0.453. The number of nitrogens with zero attached hydrogens (tertiary/aromatic N) is 1. The molecular weight excluding hydrogens is 462 g/mol. The van der Waals surface area contributed by atoms with Crippen LogP contribution < -0.4 is 10.6 Å². The lowest BCUT2D eigenvalue weighted by molar-refractivity contribution is -0.321. The van der Waals surface area contributed by atoms with Crippen LogP contribution in [0.3, 0.4) is 0 Å². The number of halogens is 4. The van der Waals surface area contributed by atoms with Crippen LogP contribution >= 0.6 is 0 Å². The SMILES string of the molecule is CC(C)(F)CCC(=O)N1CC2(CC2)C[C@H]1C(=O)N[C@@H](C[C@@H]1CCNC1=O)C(=O)COC(F)(F)F. The third-order valence-corrected chi connectivity index (χ3v) is 6.79. The number of ether oxygens (including phenoxy) is 1. The summed E-state index contributed by atoms with van der Waals surface area (Å²) in [6.45, 7) is 2.13. The molecular formula is C22H31F4N3O5. The summed E-state index contributed by atoms with van der Waals surface area (Å²) in [6, 6.07) is -2.28. The van der Waals surface area contributed by atoms with Gasteiger partial charge in [-0.1, -0.05) is 0 Å². The van der Waals surface area contributed by atoms with E-state index >= 15 is 0 Å². The first kappa shape index (κ1) is 26.4. The second-order valence-corrected chi connectivity index (χ2v) is 10.2. The summed E-state index contributed by atoms with van der Waals surface area (Å²) < 4.78 is 54.9. The number of likely N-dealkylation sites (tertiary alicyclic amines) is 1. The molecule has 3 aliphatic rings. The molecule has 2 saturated heterocycles. The molecule has 2 aliphatic heterocycles. The Hall–Kier alpha value is -2.24. The largest absolute Gasteiger partial charge is 0.522 e. The maximum atomic E-state index is 13.9. The van der Waals surface area contributed by atoms with E-state index in [0.717, 1.165) is 12.8 Å². The Morgan fingerprint density at radius 1 is 1.24 bits per heavy atom. The average Bonchev–Trinajstić information content (AvgIpc) is 3.18. The van der Waals surface area contributed by atoms with Crippen LogP contribution in [0.5, 0.6) is 0 Å². The number of carbonyl (C=O) groups excluding carboxylic acids is 4. The molecule has 3 fully saturated rings. The van der Waals surface area contributed by atoms with Gasteiger partial charge in [-0.3, -0.25) is 23.9 Å². The van der Waals surface area contributed by atoms with E-state index in [-0.39, 0.29) is 36.5 Å². The van der Waals surface area contributed by atoms with Crippen LogP contribution in [0.15, 0.2) is 0 Å². The summed E-state index contributed by atoms with van der Waals surface area (Å²) in [5.74, 6) is -3.04. The number of rotatable bonds is 10. The van der Waals surface area contributed by atoms with Crippen LogP contribution in [0.1, 0.15) is 58.8 Å². The highest BCUT2D eigenvalue weighted by molar-refractivity contribution is 5.94. The summed E-state index contributed by atoms with van der Waals surface area (Å²) in [6.07, 6.45) is -2.88. The van der Waals surface area contributed by atoms with Gasteiger partial charge in [0.2, 0.25) is 17.7 Å². The summed E-state index contributed by atoms with van der Waals surface area (Å²) in [7, 11) is 0. The number of nitrogens with one attached hydrogen (secondary N) is 2. The molecule has 3 rings (SSSR count).